The van der Waals surface area contributed by atoms with Gasteiger partial charge in [0.05, 0.1) is 6.61 Å². The topological polar surface area (TPSA) is 158 Å². The van der Waals surface area contributed by atoms with Crippen molar-refractivity contribution in [2.45, 2.75) is 63.9 Å². The quantitative estimate of drug-likeness (QED) is 0.259. The Kier molecular flexibility index (Phi) is 10.7. The van der Waals surface area contributed by atoms with Gasteiger partial charge in [-0.05, 0) is 37.0 Å². The predicted molar refractivity (Wildman–Crippen MR) is 138 cm³/mol. The summed E-state index contributed by atoms with van der Waals surface area (Å²) in [6.45, 7) is 3.10. The number of para-hydroxylation sites is 1. The normalized spacial score (nSPS) is 19.7. The van der Waals surface area contributed by atoms with E-state index >= 15 is 0 Å². The van der Waals surface area contributed by atoms with Crippen LogP contribution in [-0.2, 0) is 23.8 Å². The second-order valence-electron chi connectivity index (χ2n) is 9.57. The van der Waals surface area contributed by atoms with Crippen LogP contribution in [0.1, 0.15) is 45.8 Å². The fraction of sp³-hybridized carbons (Fsp3) is 0.500. The van der Waals surface area contributed by atoms with Crippen molar-refractivity contribution in [2.24, 2.45) is 5.92 Å². The molecular weight excluding hydrogens is 534 g/mol. The molecule has 1 aromatic carbocycles. The third-order valence-electron chi connectivity index (χ3n) is 5.74. The summed E-state index contributed by atoms with van der Waals surface area (Å²) in [4.78, 5) is 51.7. The molecule has 218 valence electrons. The molecule has 2 aromatic rings. The first-order chi connectivity index (χ1) is 19.0. The van der Waals surface area contributed by atoms with Gasteiger partial charge < -0.3 is 24.6 Å². The van der Waals surface area contributed by atoms with Crippen LogP contribution in [0.3, 0.4) is 0 Å². The van der Waals surface area contributed by atoms with E-state index in [2.05, 4.69) is 15.6 Å². The highest BCUT2D eigenvalue weighted by Gasteiger charge is 2.60. The van der Waals surface area contributed by atoms with Gasteiger partial charge in [-0.2, -0.15) is 13.8 Å². The first-order valence-corrected chi connectivity index (χ1v) is 12.7. The zero-order chi connectivity index (χ0) is 29.3. The first-order valence-electron chi connectivity index (χ1n) is 12.7. The molecule has 12 nitrogen and oxygen atoms in total. The number of nitrogens with one attached hydrogen (secondary N) is 2. The van der Waals surface area contributed by atoms with Crippen molar-refractivity contribution < 1.29 is 42.5 Å². The maximum absolute atomic E-state index is 14.8. The van der Waals surface area contributed by atoms with Crippen LogP contribution in [0.25, 0.3) is 0 Å². The minimum atomic E-state index is -3.92. The second kappa shape index (κ2) is 13.9. The van der Waals surface area contributed by atoms with Crippen LogP contribution in [0.2, 0.25) is 0 Å². The molecule has 0 radical (unpaired) electrons. The summed E-state index contributed by atoms with van der Waals surface area (Å²) >= 11 is 0. The molecular formula is C26H32F2N4O8. The smallest absolute Gasteiger partial charge is 0.412 e. The Morgan fingerprint density at radius 3 is 2.48 bits per heavy atom. The molecule has 3 N–H and O–H groups in total. The number of aromatic nitrogens is 2. The maximum atomic E-state index is 14.8. The van der Waals surface area contributed by atoms with Crippen LogP contribution in [0.5, 0.6) is 0 Å². The molecule has 3 rings (SSSR count). The van der Waals surface area contributed by atoms with E-state index in [4.69, 9.17) is 14.2 Å². The van der Waals surface area contributed by atoms with Crippen molar-refractivity contribution in [3.8, 4) is 0 Å². The lowest BCUT2D eigenvalue weighted by Crippen LogP contribution is -2.42. The number of unbranched alkanes of at least 4 members (excludes halogenated alkanes) is 1. The van der Waals surface area contributed by atoms with Crippen molar-refractivity contribution in [3.63, 3.8) is 0 Å². The molecule has 0 spiro atoms. The van der Waals surface area contributed by atoms with Crippen molar-refractivity contribution in [2.75, 3.05) is 23.8 Å². The molecule has 2 heterocycles. The van der Waals surface area contributed by atoms with Crippen LogP contribution in [-0.4, -0.2) is 64.0 Å². The van der Waals surface area contributed by atoms with Gasteiger partial charge in [0.1, 0.15) is 18.5 Å². The molecule has 0 bridgehead atoms. The van der Waals surface area contributed by atoms with Crippen molar-refractivity contribution in [3.05, 3.63) is 53.1 Å². The van der Waals surface area contributed by atoms with Crippen molar-refractivity contribution in [1.29, 1.82) is 0 Å². The number of carbonyl (C=O) groups excluding carboxylic acids is 3. The fourth-order valence-electron chi connectivity index (χ4n) is 3.70. The Morgan fingerprint density at radius 2 is 1.80 bits per heavy atom. The largest absolute Gasteiger partial charge is 0.463 e. The van der Waals surface area contributed by atoms with Crippen LogP contribution in [0.15, 0.2) is 47.4 Å². The number of carbonyl (C=O) groups is 3. The second-order valence-corrected chi connectivity index (χ2v) is 9.57. The zero-order valence-corrected chi connectivity index (χ0v) is 22.0. The average molecular weight is 567 g/mol. The van der Waals surface area contributed by atoms with Gasteiger partial charge in [-0.15, -0.1) is 0 Å². The lowest BCUT2D eigenvalue weighted by Gasteiger charge is -2.21. The number of esters is 1. The van der Waals surface area contributed by atoms with Gasteiger partial charge in [-0.1, -0.05) is 32.0 Å². The fourth-order valence-corrected chi connectivity index (χ4v) is 3.70. The minimum Gasteiger partial charge on any atom is -0.463 e. The summed E-state index contributed by atoms with van der Waals surface area (Å²) in [5.74, 6) is -5.00. The Labute approximate surface area is 228 Å². The van der Waals surface area contributed by atoms with E-state index in [0.29, 0.717) is 23.1 Å². The number of ether oxygens (including phenoxy) is 3. The molecule has 1 saturated heterocycles. The highest BCUT2D eigenvalue weighted by atomic mass is 19.3. The van der Waals surface area contributed by atoms with Gasteiger partial charge in [0.25, 0.3) is 0 Å². The van der Waals surface area contributed by atoms with E-state index in [1.165, 1.54) is 0 Å². The van der Waals surface area contributed by atoms with Crippen LogP contribution in [0, 0.1) is 5.92 Å². The first kappa shape index (κ1) is 30.6. The van der Waals surface area contributed by atoms with Gasteiger partial charge >= 0.3 is 23.7 Å². The van der Waals surface area contributed by atoms with E-state index in [-0.39, 0.29) is 37.1 Å². The van der Waals surface area contributed by atoms with Gasteiger partial charge in [-0.25, -0.2) is 9.59 Å². The Morgan fingerprint density at radius 1 is 1.10 bits per heavy atom. The number of amides is 2. The van der Waals surface area contributed by atoms with E-state index in [0.717, 1.165) is 12.3 Å². The lowest BCUT2D eigenvalue weighted by atomic mass is 10.1. The molecule has 2 amide bonds. The molecule has 14 heteroatoms. The van der Waals surface area contributed by atoms with E-state index in [9.17, 15) is 33.1 Å². The average Bonchev–Trinajstić information content (AvgIpc) is 3.13. The van der Waals surface area contributed by atoms with Crippen molar-refractivity contribution >= 4 is 29.5 Å². The van der Waals surface area contributed by atoms with Gasteiger partial charge in [0.2, 0.25) is 12.1 Å². The molecule has 1 fully saturated rings. The van der Waals surface area contributed by atoms with Gasteiger partial charge in [-0.3, -0.25) is 19.5 Å². The summed E-state index contributed by atoms with van der Waals surface area (Å²) in [7, 11) is 0. The molecule has 0 aliphatic carbocycles. The van der Waals surface area contributed by atoms with Crippen LogP contribution in [0.4, 0.5) is 25.1 Å². The highest BCUT2D eigenvalue weighted by molar-refractivity contribution is 5.90. The van der Waals surface area contributed by atoms with Gasteiger partial charge in [0.15, 0.2) is 6.10 Å². The van der Waals surface area contributed by atoms with E-state index < -0.39 is 48.7 Å². The van der Waals surface area contributed by atoms with E-state index in [1.807, 2.05) is 19.9 Å². The minimum absolute atomic E-state index is 0.0707. The number of hydrogen-bond donors (Lipinski definition) is 3. The number of nitrogens with zero attached hydrogens (tertiary/aromatic N) is 2. The number of alkyl halides is 2. The summed E-state index contributed by atoms with van der Waals surface area (Å²) in [6, 6.07) is 9.97. The Hall–Kier alpha value is -3.91. The molecule has 0 unspecified atom stereocenters. The molecule has 3 atom stereocenters. The van der Waals surface area contributed by atoms with Gasteiger partial charge in [0, 0.05) is 24.7 Å². The number of aliphatic hydroxyl groups excluding tert-OH is 1. The third kappa shape index (κ3) is 8.55. The Balaban J connectivity index is 1.46. The molecule has 40 heavy (non-hydrogen) atoms. The molecule has 0 saturated carbocycles. The number of hydrogen-bond acceptors (Lipinski definition) is 9. The van der Waals surface area contributed by atoms with E-state index in [1.54, 1.807) is 24.3 Å². The molecule has 1 aliphatic rings. The number of halogens is 2. The molecule has 1 aromatic heterocycles. The number of benzene rings is 1. The zero-order valence-electron chi connectivity index (χ0n) is 22.0. The summed E-state index contributed by atoms with van der Waals surface area (Å²) in [6.07, 6.45) is -5.33. The summed E-state index contributed by atoms with van der Waals surface area (Å²) in [5, 5.41) is 15.1. The monoisotopic (exact) mass is 566 g/mol. The lowest BCUT2D eigenvalue weighted by molar-refractivity contribution is -0.150. The summed E-state index contributed by atoms with van der Waals surface area (Å²) < 4.78 is 45.1. The molecule has 1 aliphatic heterocycles. The Bertz CT molecular complexity index is 1220. The van der Waals surface area contributed by atoms with Crippen LogP contribution >= 0.6 is 0 Å². The van der Waals surface area contributed by atoms with Crippen LogP contribution < -0.4 is 16.3 Å². The standard InChI is InChI=1S/C26H32F2N4O8/c1-16(2)14-39-25(37)31-19-12-13-32(24(36)30-19)23-26(27,28)22(35)18(40-23)15-38-21(34)11-7-6-10-20(33)29-17-8-4-3-5-9-17/h3-5,8-9,12-13,16,18,22-23,35H,6-7,10-11,14-15H2,1-2H3,(H,29,33)(H,30,31,36,37)/t18-,22-,23-/m1/s1. The number of aliphatic hydroxyl groups is 1. The summed E-state index contributed by atoms with van der Waals surface area (Å²) in [5.41, 5.74) is -0.517. The highest BCUT2D eigenvalue weighted by Crippen LogP contribution is 2.42. The maximum Gasteiger partial charge on any atom is 0.412 e. The number of anilines is 2. The predicted octanol–water partition coefficient (Wildman–Crippen LogP) is 3.08. The number of rotatable bonds is 12. The third-order valence-corrected chi connectivity index (χ3v) is 5.74. The van der Waals surface area contributed by atoms with Crippen molar-refractivity contribution in [1.82, 2.24) is 9.55 Å². The SMILES string of the molecule is CC(C)COC(=O)Nc1ccn([C@@H]2O[C@H](COC(=O)CCCCC(=O)Nc3ccccc3)[C@@H](O)C2(F)F)c(=O)n1.